The molecule has 16 heavy (non-hydrogen) atoms. The Hall–Kier alpha value is -1.26. The molecule has 5 heteroatoms. The summed E-state index contributed by atoms with van der Waals surface area (Å²) < 4.78 is 0. The van der Waals surface area contributed by atoms with E-state index in [4.69, 9.17) is 5.11 Å². The van der Waals surface area contributed by atoms with Crippen molar-refractivity contribution in [2.45, 2.75) is 51.6 Å². The highest BCUT2D eigenvalue weighted by Gasteiger charge is 2.31. The van der Waals surface area contributed by atoms with Crippen LogP contribution in [0.1, 0.15) is 40.0 Å². The molecular weight excluding hydrogens is 208 g/mol. The van der Waals surface area contributed by atoms with Crippen molar-refractivity contribution in [3.05, 3.63) is 0 Å². The second-order valence-corrected chi connectivity index (χ2v) is 5.04. The number of hydrogen-bond acceptors (Lipinski definition) is 2. The molecule has 1 aliphatic carbocycles. The third-order valence-corrected chi connectivity index (χ3v) is 3.14. The predicted molar refractivity (Wildman–Crippen MR) is 60.2 cm³/mol. The lowest BCUT2D eigenvalue weighted by Gasteiger charge is -2.24. The molecule has 0 bridgehead atoms. The average Bonchev–Trinajstić information content (AvgIpc) is 2.50. The minimum Gasteiger partial charge on any atom is -0.480 e. The van der Waals surface area contributed by atoms with Crippen molar-refractivity contribution >= 4 is 12.0 Å². The maximum atomic E-state index is 11.6. The molecule has 1 saturated carbocycles. The quantitative estimate of drug-likeness (QED) is 0.682. The minimum absolute atomic E-state index is 0.171. The van der Waals surface area contributed by atoms with Crippen molar-refractivity contribution < 1.29 is 14.7 Å². The standard InChI is InChI=1S/C11H20N2O3/c1-7-5-4-6-8(7)12-10(16)13-11(2,3)9(14)15/h7-8H,4-6H2,1-3H3,(H,14,15)(H2,12,13,16). The zero-order chi connectivity index (χ0) is 12.3. The van der Waals surface area contributed by atoms with Crippen LogP contribution in [0.4, 0.5) is 4.79 Å². The number of hydrogen-bond donors (Lipinski definition) is 3. The van der Waals surface area contributed by atoms with Crippen LogP contribution in [-0.4, -0.2) is 28.7 Å². The zero-order valence-electron chi connectivity index (χ0n) is 10.0. The molecule has 0 spiro atoms. The predicted octanol–water partition coefficient (Wildman–Crippen LogP) is 1.34. The monoisotopic (exact) mass is 228 g/mol. The largest absolute Gasteiger partial charge is 0.480 e. The number of amides is 2. The maximum Gasteiger partial charge on any atom is 0.328 e. The van der Waals surface area contributed by atoms with Gasteiger partial charge in [-0.25, -0.2) is 9.59 Å². The van der Waals surface area contributed by atoms with Gasteiger partial charge in [0, 0.05) is 6.04 Å². The molecule has 5 nitrogen and oxygen atoms in total. The van der Waals surface area contributed by atoms with Crippen molar-refractivity contribution in [1.29, 1.82) is 0 Å². The van der Waals surface area contributed by atoms with Crippen molar-refractivity contribution in [2.75, 3.05) is 0 Å². The molecule has 2 amide bonds. The van der Waals surface area contributed by atoms with Crippen LogP contribution in [0, 0.1) is 5.92 Å². The topological polar surface area (TPSA) is 78.4 Å². The first-order valence-electron chi connectivity index (χ1n) is 5.65. The summed E-state index contributed by atoms with van der Waals surface area (Å²) in [7, 11) is 0. The van der Waals surface area contributed by atoms with Gasteiger partial charge in [0.2, 0.25) is 0 Å². The van der Waals surface area contributed by atoms with E-state index in [9.17, 15) is 9.59 Å². The van der Waals surface area contributed by atoms with Gasteiger partial charge in [0.05, 0.1) is 0 Å². The Bertz CT molecular complexity index is 289. The van der Waals surface area contributed by atoms with Gasteiger partial charge in [0.15, 0.2) is 0 Å². The lowest BCUT2D eigenvalue weighted by atomic mass is 10.1. The molecule has 2 unspecified atom stereocenters. The van der Waals surface area contributed by atoms with Gasteiger partial charge in [-0.1, -0.05) is 13.3 Å². The van der Waals surface area contributed by atoms with Gasteiger partial charge in [-0.3, -0.25) is 0 Å². The average molecular weight is 228 g/mol. The van der Waals surface area contributed by atoms with Crippen molar-refractivity contribution in [3.63, 3.8) is 0 Å². The summed E-state index contributed by atoms with van der Waals surface area (Å²) in [5, 5.41) is 14.1. The molecular formula is C11H20N2O3. The van der Waals surface area contributed by atoms with Crippen LogP contribution in [0.25, 0.3) is 0 Å². The molecule has 0 radical (unpaired) electrons. The smallest absolute Gasteiger partial charge is 0.328 e. The fraction of sp³-hybridized carbons (Fsp3) is 0.818. The summed E-state index contributed by atoms with van der Waals surface area (Å²) in [5.41, 5.74) is -1.23. The second kappa shape index (κ2) is 4.72. The molecule has 0 aromatic carbocycles. The molecule has 0 aromatic heterocycles. The third-order valence-electron chi connectivity index (χ3n) is 3.14. The fourth-order valence-corrected chi connectivity index (χ4v) is 1.90. The summed E-state index contributed by atoms with van der Waals surface area (Å²) in [6.45, 7) is 5.03. The number of aliphatic carboxylic acids is 1. The van der Waals surface area contributed by atoms with Gasteiger partial charge in [-0.15, -0.1) is 0 Å². The van der Waals surface area contributed by atoms with Crippen LogP contribution in [-0.2, 0) is 4.79 Å². The fourth-order valence-electron chi connectivity index (χ4n) is 1.90. The zero-order valence-corrected chi connectivity index (χ0v) is 10.0. The number of carboxylic acids is 1. The summed E-state index contributed by atoms with van der Waals surface area (Å²) in [4.78, 5) is 22.4. The molecule has 0 aromatic rings. The molecule has 0 heterocycles. The molecule has 0 saturated heterocycles. The lowest BCUT2D eigenvalue weighted by Crippen LogP contribution is -2.55. The highest BCUT2D eigenvalue weighted by Crippen LogP contribution is 2.24. The van der Waals surface area contributed by atoms with Gasteiger partial charge in [0.1, 0.15) is 5.54 Å². The maximum absolute atomic E-state index is 11.6. The van der Waals surface area contributed by atoms with E-state index in [0.717, 1.165) is 19.3 Å². The van der Waals surface area contributed by atoms with Crippen molar-refractivity contribution in [2.24, 2.45) is 5.92 Å². The number of urea groups is 1. The Morgan fingerprint density at radius 3 is 2.38 bits per heavy atom. The van der Waals surface area contributed by atoms with Crippen LogP contribution in [0.5, 0.6) is 0 Å². The summed E-state index contributed by atoms with van der Waals surface area (Å²) in [5.74, 6) is -0.569. The van der Waals surface area contributed by atoms with Gasteiger partial charge >= 0.3 is 12.0 Å². The Kier molecular flexibility index (Phi) is 3.78. The van der Waals surface area contributed by atoms with E-state index in [0.29, 0.717) is 5.92 Å². The number of carboxylic acid groups (broad SMARTS) is 1. The SMILES string of the molecule is CC1CCCC1NC(=O)NC(C)(C)C(=O)O. The Morgan fingerprint density at radius 1 is 1.31 bits per heavy atom. The first-order chi connectivity index (χ1) is 7.33. The molecule has 92 valence electrons. The normalized spacial score (nSPS) is 25.2. The molecule has 0 aliphatic heterocycles. The Morgan fingerprint density at radius 2 is 1.94 bits per heavy atom. The van der Waals surface area contributed by atoms with Crippen LogP contribution in [0.15, 0.2) is 0 Å². The van der Waals surface area contributed by atoms with E-state index >= 15 is 0 Å². The highest BCUT2D eigenvalue weighted by molar-refractivity contribution is 5.85. The molecule has 1 fully saturated rings. The van der Waals surface area contributed by atoms with E-state index in [-0.39, 0.29) is 6.04 Å². The molecule has 2 atom stereocenters. The van der Waals surface area contributed by atoms with Gasteiger partial charge in [-0.05, 0) is 32.6 Å². The van der Waals surface area contributed by atoms with Crippen molar-refractivity contribution in [1.82, 2.24) is 10.6 Å². The third kappa shape index (κ3) is 3.12. The number of nitrogens with one attached hydrogen (secondary N) is 2. The van der Waals surface area contributed by atoms with E-state index in [1.165, 1.54) is 13.8 Å². The Balaban J connectivity index is 2.44. The van der Waals surface area contributed by atoms with Crippen molar-refractivity contribution in [3.8, 4) is 0 Å². The number of carbonyl (C=O) groups excluding carboxylic acids is 1. The number of carbonyl (C=O) groups is 2. The van der Waals surface area contributed by atoms with E-state index < -0.39 is 17.5 Å². The first kappa shape index (κ1) is 12.8. The minimum atomic E-state index is -1.23. The molecule has 3 N–H and O–H groups in total. The van der Waals surface area contributed by atoms with E-state index in [1.807, 2.05) is 0 Å². The lowest BCUT2D eigenvalue weighted by molar-refractivity contribution is -0.142. The van der Waals surface area contributed by atoms with E-state index in [1.54, 1.807) is 0 Å². The van der Waals surface area contributed by atoms with Crippen LogP contribution >= 0.6 is 0 Å². The molecule has 1 rings (SSSR count). The van der Waals surface area contributed by atoms with Gasteiger partial charge < -0.3 is 15.7 Å². The van der Waals surface area contributed by atoms with Crippen LogP contribution < -0.4 is 10.6 Å². The van der Waals surface area contributed by atoms with Crippen LogP contribution in [0.2, 0.25) is 0 Å². The Labute approximate surface area is 95.6 Å². The summed E-state index contributed by atoms with van der Waals surface area (Å²) in [6, 6.07) is -0.226. The summed E-state index contributed by atoms with van der Waals surface area (Å²) >= 11 is 0. The second-order valence-electron chi connectivity index (χ2n) is 5.04. The van der Waals surface area contributed by atoms with Gasteiger partial charge in [0.25, 0.3) is 0 Å². The number of rotatable bonds is 3. The highest BCUT2D eigenvalue weighted by atomic mass is 16.4. The first-order valence-corrected chi connectivity index (χ1v) is 5.65. The summed E-state index contributed by atoms with van der Waals surface area (Å²) in [6.07, 6.45) is 3.21. The van der Waals surface area contributed by atoms with Gasteiger partial charge in [-0.2, -0.15) is 0 Å². The van der Waals surface area contributed by atoms with E-state index in [2.05, 4.69) is 17.6 Å². The van der Waals surface area contributed by atoms with Crippen LogP contribution in [0.3, 0.4) is 0 Å². The molecule has 1 aliphatic rings.